The molecule has 2 rings (SSSR count). The van der Waals surface area contributed by atoms with E-state index in [0.717, 1.165) is 24.3 Å². The van der Waals surface area contributed by atoms with Crippen molar-refractivity contribution in [3.05, 3.63) is 29.3 Å². The zero-order valence-corrected chi connectivity index (χ0v) is 11.7. The van der Waals surface area contributed by atoms with E-state index in [9.17, 15) is 5.11 Å². The van der Waals surface area contributed by atoms with Crippen molar-refractivity contribution in [3.63, 3.8) is 0 Å². The Kier molecular flexibility index (Phi) is 6.72. The van der Waals surface area contributed by atoms with Crippen molar-refractivity contribution in [2.75, 3.05) is 6.61 Å². The summed E-state index contributed by atoms with van der Waals surface area (Å²) >= 11 is 0. The topological polar surface area (TPSA) is 29.5 Å². The maximum absolute atomic E-state index is 9.89. The van der Waals surface area contributed by atoms with Crippen LogP contribution in [-0.4, -0.2) is 20.1 Å². The van der Waals surface area contributed by atoms with E-state index in [0.29, 0.717) is 0 Å². The van der Waals surface area contributed by atoms with E-state index < -0.39 is 0 Å². The van der Waals surface area contributed by atoms with Crippen molar-refractivity contribution in [2.45, 2.75) is 26.4 Å². The van der Waals surface area contributed by atoms with Gasteiger partial charge in [-0.25, -0.2) is 0 Å². The van der Waals surface area contributed by atoms with Crippen LogP contribution in [0.5, 0.6) is 5.75 Å². The number of ether oxygens (including phenoxy) is 1. The van der Waals surface area contributed by atoms with E-state index in [1.807, 2.05) is 26.0 Å². The van der Waals surface area contributed by atoms with Crippen LogP contribution in [0, 0.1) is 5.92 Å². The van der Waals surface area contributed by atoms with Crippen LogP contribution < -0.4 is 34.3 Å². The second-order valence-electron chi connectivity index (χ2n) is 4.15. The SMILES string of the molecule is CC(C)C(O)c1ccc2c(c1)CCO2.[BH4-].[Na+]. The van der Waals surface area contributed by atoms with E-state index in [4.69, 9.17) is 4.74 Å². The minimum absolute atomic E-state index is 0. The number of hydrogen-bond donors (Lipinski definition) is 1. The van der Waals surface area contributed by atoms with Crippen LogP contribution in [0.3, 0.4) is 0 Å². The van der Waals surface area contributed by atoms with Crippen LogP contribution in [0.4, 0.5) is 0 Å². The molecule has 0 aromatic heterocycles. The molecule has 1 N–H and O–H groups in total. The van der Waals surface area contributed by atoms with Gasteiger partial charge in [-0.05, 0) is 29.2 Å². The van der Waals surface area contributed by atoms with Gasteiger partial charge in [-0.2, -0.15) is 0 Å². The van der Waals surface area contributed by atoms with Gasteiger partial charge in [0.1, 0.15) is 5.75 Å². The van der Waals surface area contributed by atoms with Crippen molar-refractivity contribution in [3.8, 4) is 5.75 Å². The van der Waals surface area contributed by atoms with Gasteiger partial charge in [0.25, 0.3) is 0 Å². The van der Waals surface area contributed by atoms with Gasteiger partial charge in [-0.3, -0.25) is 0 Å². The second kappa shape index (κ2) is 6.70. The van der Waals surface area contributed by atoms with Crippen LogP contribution in [0.2, 0.25) is 0 Å². The first kappa shape index (κ1) is 16.0. The molecule has 0 spiro atoms. The van der Waals surface area contributed by atoms with Gasteiger partial charge in [-0.1, -0.05) is 28.3 Å². The van der Waals surface area contributed by atoms with Crippen molar-refractivity contribution < 1.29 is 39.4 Å². The second-order valence-corrected chi connectivity index (χ2v) is 4.15. The zero-order chi connectivity index (χ0) is 10.1. The minimum atomic E-state index is -0.360. The van der Waals surface area contributed by atoms with E-state index in [2.05, 4.69) is 6.07 Å². The Morgan fingerprint density at radius 1 is 1.31 bits per heavy atom. The number of rotatable bonds is 2. The Bertz CT molecular complexity index is 342. The molecule has 0 saturated carbocycles. The summed E-state index contributed by atoms with van der Waals surface area (Å²) in [5.41, 5.74) is 2.23. The molecule has 84 valence electrons. The summed E-state index contributed by atoms with van der Waals surface area (Å²) < 4.78 is 5.41. The molecule has 0 fully saturated rings. The molecule has 0 amide bonds. The number of aliphatic hydroxyl groups excluding tert-OH is 1. The number of hydrogen-bond acceptors (Lipinski definition) is 2. The van der Waals surface area contributed by atoms with Gasteiger partial charge >= 0.3 is 29.6 Å². The predicted molar refractivity (Wildman–Crippen MR) is 66.8 cm³/mol. The molecule has 4 heteroatoms. The molecule has 1 aliphatic rings. The number of benzene rings is 1. The fourth-order valence-corrected chi connectivity index (χ4v) is 1.78. The Morgan fingerprint density at radius 3 is 2.62 bits per heavy atom. The van der Waals surface area contributed by atoms with Crippen molar-refractivity contribution in [2.24, 2.45) is 5.92 Å². The molecular weight excluding hydrogens is 210 g/mol. The molecule has 16 heavy (non-hydrogen) atoms. The van der Waals surface area contributed by atoms with Gasteiger partial charge in [0.05, 0.1) is 12.7 Å². The average molecular weight is 230 g/mol. The van der Waals surface area contributed by atoms with Gasteiger partial charge in [0, 0.05) is 6.42 Å². The van der Waals surface area contributed by atoms with E-state index in [-0.39, 0.29) is 50.0 Å². The molecule has 1 aromatic rings. The third kappa shape index (κ3) is 3.27. The number of aliphatic hydroxyl groups is 1. The summed E-state index contributed by atoms with van der Waals surface area (Å²) in [6.45, 7) is 4.82. The van der Waals surface area contributed by atoms with Gasteiger partial charge in [0.2, 0.25) is 0 Å². The molecule has 0 aliphatic carbocycles. The maximum Gasteiger partial charge on any atom is 1.00 e. The Labute approximate surface area is 121 Å². The molecule has 0 saturated heterocycles. The molecule has 1 aliphatic heterocycles. The van der Waals surface area contributed by atoms with Crippen LogP contribution in [0.15, 0.2) is 18.2 Å². The zero-order valence-electron chi connectivity index (χ0n) is 9.66. The van der Waals surface area contributed by atoms with Crippen molar-refractivity contribution in [1.82, 2.24) is 0 Å². The van der Waals surface area contributed by atoms with E-state index in [1.165, 1.54) is 5.56 Å². The molecule has 0 radical (unpaired) electrons. The van der Waals surface area contributed by atoms with Gasteiger partial charge in [0.15, 0.2) is 0 Å². The van der Waals surface area contributed by atoms with Crippen molar-refractivity contribution in [1.29, 1.82) is 0 Å². The summed E-state index contributed by atoms with van der Waals surface area (Å²) in [5, 5.41) is 9.89. The van der Waals surface area contributed by atoms with E-state index >= 15 is 0 Å². The Hall–Kier alpha value is 0.0449. The molecular formula is C12H20BNaO2. The first-order valence-electron chi connectivity index (χ1n) is 5.12. The molecule has 0 bridgehead atoms. The Morgan fingerprint density at radius 2 is 2.00 bits per heavy atom. The summed E-state index contributed by atoms with van der Waals surface area (Å²) in [7, 11) is 0. The fraction of sp³-hybridized carbons (Fsp3) is 0.500. The summed E-state index contributed by atoms with van der Waals surface area (Å²) in [4.78, 5) is 0. The molecule has 1 atom stereocenters. The van der Waals surface area contributed by atoms with Crippen molar-refractivity contribution >= 4 is 8.41 Å². The standard InChI is InChI=1S/C12H16O2.BH4.Na/c1-8(2)12(13)10-3-4-11-9(7-10)5-6-14-11;;/h3-4,7-8,12-13H,5-6H2,1-2H3;1H4;/q;-1;+1. The third-order valence-corrected chi connectivity index (χ3v) is 2.69. The first-order valence-corrected chi connectivity index (χ1v) is 5.12. The van der Waals surface area contributed by atoms with Crippen LogP contribution >= 0.6 is 0 Å². The van der Waals surface area contributed by atoms with Gasteiger partial charge < -0.3 is 9.84 Å². The minimum Gasteiger partial charge on any atom is -0.493 e. The normalized spacial score (nSPS) is 14.5. The quantitative estimate of drug-likeness (QED) is 0.588. The largest absolute Gasteiger partial charge is 1.00 e. The summed E-state index contributed by atoms with van der Waals surface area (Å²) in [6.07, 6.45) is 0.606. The predicted octanol–water partition coefficient (Wildman–Crippen LogP) is -2.14. The molecule has 1 heterocycles. The van der Waals surface area contributed by atoms with Gasteiger partial charge in [-0.15, -0.1) is 0 Å². The van der Waals surface area contributed by atoms with Crippen LogP contribution in [-0.2, 0) is 6.42 Å². The first-order chi connectivity index (χ1) is 6.68. The molecule has 1 aromatic carbocycles. The Balaban J connectivity index is 0.00000112. The number of fused-ring (bicyclic) bond motifs is 1. The summed E-state index contributed by atoms with van der Waals surface area (Å²) in [5.74, 6) is 1.24. The van der Waals surface area contributed by atoms with E-state index in [1.54, 1.807) is 0 Å². The monoisotopic (exact) mass is 230 g/mol. The molecule has 1 unspecified atom stereocenters. The molecule has 2 nitrogen and oxygen atoms in total. The maximum atomic E-state index is 9.89. The summed E-state index contributed by atoms with van der Waals surface area (Å²) in [6, 6.07) is 5.98. The average Bonchev–Trinajstić information content (AvgIpc) is 2.62. The van der Waals surface area contributed by atoms with Crippen LogP contribution in [0.1, 0.15) is 31.1 Å². The third-order valence-electron chi connectivity index (χ3n) is 2.69. The smallest absolute Gasteiger partial charge is 0.493 e. The van der Waals surface area contributed by atoms with Crippen LogP contribution in [0.25, 0.3) is 0 Å². The fourth-order valence-electron chi connectivity index (χ4n) is 1.78.